The monoisotopic (exact) mass is 229 g/mol. The van der Waals surface area contributed by atoms with Gasteiger partial charge >= 0.3 is 5.97 Å². The highest BCUT2D eigenvalue weighted by atomic mass is 35.5. The number of hydrogen-bond acceptors (Lipinski definition) is 4. The molecule has 0 amide bonds. The van der Waals surface area contributed by atoms with Gasteiger partial charge in [0.15, 0.2) is 0 Å². The van der Waals surface area contributed by atoms with Crippen molar-refractivity contribution in [2.45, 2.75) is 0 Å². The van der Waals surface area contributed by atoms with Crippen LogP contribution < -0.4 is 0 Å². The van der Waals surface area contributed by atoms with E-state index in [2.05, 4.69) is 9.73 Å². The van der Waals surface area contributed by atoms with Crippen molar-refractivity contribution in [1.82, 2.24) is 0 Å². The van der Waals surface area contributed by atoms with E-state index in [4.69, 9.17) is 11.6 Å². The van der Waals surface area contributed by atoms with Crippen LogP contribution in [0.4, 0.5) is 10.1 Å². The predicted octanol–water partition coefficient (Wildman–Crippen LogP) is 2.23. The van der Waals surface area contributed by atoms with Gasteiger partial charge in [0.05, 0.1) is 17.8 Å². The molecule has 1 rings (SSSR count). The highest BCUT2D eigenvalue weighted by Crippen LogP contribution is 2.26. The lowest BCUT2D eigenvalue weighted by molar-refractivity contribution is 0.0596. The number of isocyanates is 1. The van der Waals surface area contributed by atoms with E-state index in [9.17, 15) is 14.0 Å². The predicted molar refractivity (Wildman–Crippen MR) is 50.5 cm³/mol. The number of halogens is 2. The summed E-state index contributed by atoms with van der Waals surface area (Å²) in [6, 6.07) is 2.06. The van der Waals surface area contributed by atoms with Crippen LogP contribution in [0, 0.1) is 5.82 Å². The molecule has 0 aromatic heterocycles. The van der Waals surface area contributed by atoms with Crippen molar-refractivity contribution >= 4 is 29.3 Å². The Hall–Kier alpha value is -1.71. The fourth-order valence-corrected chi connectivity index (χ4v) is 1.25. The van der Waals surface area contributed by atoms with Crippen molar-refractivity contribution < 1.29 is 18.7 Å². The molecule has 0 atom stereocenters. The quantitative estimate of drug-likeness (QED) is 0.444. The van der Waals surface area contributed by atoms with E-state index in [0.717, 1.165) is 13.2 Å². The molecule has 0 unspecified atom stereocenters. The zero-order valence-corrected chi connectivity index (χ0v) is 8.34. The molecular weight excluding hydrogens is 225 g/mol. The highest BCUT2D eigenvalue weighted by Gasteiger charge is 2.17. The summed E-state index contributed by atoms with van der Waals surface area (Å²) in [6.07, 6.45) is 1.23. The SMILES string of the molecule is COC(=O)c1c(F)cc(N=C=O)cc1Cl. The van der Waals surface area contributed by atoms with E-state index in [1.54, 1.807) is 0 Å². The minimum absolute atomic E-state index is 0.0137. The molecule has 0 aliphatic carbocycles. The van der Waals surface area contributed by atoms with Gasteiger partial charge in [0, 0.05) is 6.07 Å². The number of esters is 1. The Balaban J connectivity index is 3.33. The molecule has 6 heteroatoms. The first-order valence-electron chi connectivity index (χ1n) is 3.75. The van der Waals surface area contributed by atoms with Gasteiger partial charge in [0.2, 0.25) is 6.08 Å². The molecule has 0 spiro atoms. The second-order valence-corrected chi connectivity index (χ2v) is 2.89. The summed E-state index contributed by atoms with van der Waals surface area (Å²) in [6.45, 7) is 0. The van der Waals surface area contributed by atoms with Crippen molar-refractivity contribution in [1.29, 1.82) is 0 Å². The van der Waals surface area contributed by atoms with E-state index in [-0.39, 0.29) is 16.3 Å². The fourth-order valence-electron chi connectivity index (χ4n) is 0.974. The zero-order chi connectivity index (χ0) is 11.4. The largest absolute Gasteiger partial charge is 0.465 e. The molecule has 1 aromatic rings. The number of carbonyl (C=O) groups excluding carboxylic acids is 2. The maximum atomic E-state index is 13.3. The van der Waals surface area contributed by atoms with E-state index < -0.39 is 11.8 Å². The molecule has 0 saturated heterocycles. The summed E-state index contributed by atoms with van der Waals surface area (Å²) in [5.74, 6) is -1.79. The minimum Gasteiger partial charge on any atom is -0.465 e. The number of carbonyl (C=O) groups is 1. The third-order valence-corrected chi connectivity index (χ3v) is 1.89. The second-order valence-electron chi connectivity index (χ2n) is 2.48. The molecule has 0 aliphatic heterocycles. The maximum absolute atomic E-state index is 13.3. The number of ether oxygens (including phenoxy) is 1. The molecule has 0 saturated carbocycles. The first-order chi connectivity index (χ1) is 7.10. The van der Waals surface area contributed by atoms with Crippen LogP contribution in [-0.4, -0.2) is 19.2 Å². The average molecular weight is 230 g/mol. The Morgan fingerprint density at radius 1 is 1.60 bits per heavy atom. The Bertz CT molecular complexity index is 432. The zero-order valence-electron chi connectivity index (χ0n) is 7.58. The standard InChI is InChI=1S/C9H5ClFNO3/c1-15-9(14)8-6(10)2-5(12-4-13)3-7(8)11/h2-3H,1H3. The van der Waals surface area contributed by atoms with Crippen LogP contribution >= 0.6 is 11.6 Å². The number of nitrogens with zero attached hydrogens (tertiary/aromatic N) is 1. The van der Waals surface area contributed by atoms with Crippen LogP contribution in [0.15, 0.2) is 17.1 Å². The van der Waals surface area contributed by atoms with Crippen LogP contribution in [0.25, 0.3) is 0 Å². The van der Waals surface area contributed by atoms with Gasteiger partial charge in [-0.05, 0) is 6.07 Å². The number of methoxy groups -OCH3 is 1. The molecule has 0 N–H and O–H groups in total. The summed E-state index contributed by atoms with van der Waals surface area (Å²) >= 11 is 5.61. The van der Waals surface area contributed by atoms with Crippen molar-refractivity contribution in [3.63, 3.8) is 0 Å². The lowest BCUT2D eigenvalue weighted by Crippen LogP contribution is -2.05. The van der Waals surface area contributed by atoms with E-state index in [1.165, 1.54) is 12.1 Å². The van der Waals surface area contributed by atoms with Crippen LogP contribution in [0.2, 0.25) is 5.02 Å². The average Bonchev–Trinajstić information content (AvgIpc) is 2.16. The Labute approximate surface area is 89.3 Å². The van der Waals surface area contributed by atoms with Crippen molar-refractivity contribution in [2.24, 2.45) is 4.99 Å². The van der Waals surface area contributed by atoms with Crippen LogP contribution in [0.3, 0.4) is 0 Å². The van der Waals surface area contributed by atoms with Crippen LogP contribution in [0.5, 0.6) is 0 Å². The number of hydrogen-bond donors (Lipinski definition) is 0. The first kappa shape index (κ1) is 11.4. The first-order valence-corrected chi connectivity index (χ1v) is 4.13. The highest BCUT2D eigenvalue weighted by molar-refractivity contribution is 6.33. The van der Waals surface area contributed by atoms with E-state index >= 15 is 0 Å². The van der Waals surface area contributed by atoms with Crippen LogP contribution in [-0.2, 0) is 9.53 Å². The maximum Gasteiger partial charge on any atom is 0.342 e. The topological polar surface area (TPSA) is 55.7 Å². The van der Waals surface area contributed by atoms with Gasteiger partial charge in [-0.3, -0.25) is 0 Å². The van der Waals surface area contributed by atoms with Crippen molar-refractivity contribution in [3.05, 3.63) is 28.5 Å². The molecular formula is C9H5ClFNO3. The second kappa shape index (κ2) is 4.68. The molecule has 0 fully saturated rings. The van der Waals surface area contributed by atoms with Gasteiger partial charge in [-0.15, -0.1) is 0 Å². The third kappa shape index (κ3) is 2.40. The van der Waals surface area contributed by atoms with Gasteiger partial charge in [0.25, 0.3) is 0 Å². The Morgan fingerprint density at radius 2 is 2.27 bits per heavy atom. The molecule has 0 bridgehead atoms. The van der Waals surface area contributed by atoms with Crippen molar-refractivity contribution in [3.8, 4) is 0 Å². The molecule has 1 aromatic carbocycles. The molecule has 78 valence electrons. The lowest BCUT2D eigenvalue weighted by atomic mass is 10.2. The van der Waals surface area contributed by atoms with Crippen LogP contribution in [0.1, 0.15) is 10.4 Å². The summed E-state index contributed by atoms with van der Waals surface area (Å²) in [7, 11) is 1.11. The Morgan fingerprint density at radius 3 is 2.73 bits per heavy atom. The molecule has 4 nitrogen and oxygen atoms in total. The summed E-state index contributed by atoms with van der Waals surface area (Å²) in [5.41, 5.74) is -0.399. The smallest absolute Gasteiger partial charge is 0.342 e. The molecule has 15 heavy (non-hydrogen) atoms. The van der Waals surface area contributed by atoms with Gasteiger partial charge in [0.1, 0.15) is 11.4 Å². The van der Waals surface area contributed by atoms with Gasteiger partial charge < -0.3 is 4.74 Å². The molecule has 0 aliphatic rings. The summed E-state index contributed by atoms with van der Waals surface area (Å²) < 4.78 is 17.6. The normalized spacial score (nSPS) is 9.27. The lowest BCUT2D eigenvalue weighted by Gasteiger charge is -2.03. The fraction of sp³-hybridized carbons (Fsp3) is 0.111. The molecule has 0 heterocycles. The molecule has 0 radical (unpaired) electrons. The van der Waals surface area contributed by atoms with Crippen molar-refractivity contribution in [2.75, 3.05) is 7.11 Å². The van der Waals surface area contributed by atoms with E-state index in [0.29, 0.717) is 0 Å². The van der Waals surface area contributed by atoms with Gasteiger partial charge in [-0.1, -0.05) is 11.6 Å². The Kier molecular flexibility index (Phi) is 3.55. The minimum atomic E-state index is -0.900. The van der Waals surface area contributed by atoms with Gasteiger partial charge in [-0.2, -0.15) is 4.99 Å². The van der Waals surface area contributed by atoms with Gasteiger partial charge in [-0.25, -0.2) is 14.0 Å². The number of rotatable bonds is 2. The van der Waals surface area contributed by atoms with E-state index in [1.807, 2.05) is 0 Å². The number of benzene rings is 1. The summed E-state index contributed by atoms with van der Waals surface area (Å²) in [5, 5.41) is -0.171. The number of aliphatic imine (C=N–C) groups is 1. The summed E-state index contributed by atoms with van der Waals surface area (Å²) in [4.78, 5) is 24.2. The third-order valence-electron chi connectivity index (χ3n) is 1.59.